The maximum atomic E-state index is 10.9. The van der Waals surface area contributed by atoms with Gasteiger partial charge in [-0.25, -0.2) is 4.79 Å². The van der Waals surface area contributed by atoms with Gasteiger partial charge in [-0.1, -0.05) is 54.6 Å². The molecule has 0 fully saturated rings. The Morgan fingerprint density at radius 3 is 2.43 bits per heavy atom. The Bertz CT molecular complexity index is 578. The first-order valence-corrected chi connectivity index (χ1v) is 7.16. The van der Waals surface area contributed by atoms with Gasteiger partial charge in [-0.3, -0.25) is 0 Å². The molecular formula is C18H20O3. The molecule has 0 spiro atoms. The van der Waals surface area contributed by atoms with E-state index in [1.165, 1.54) is 5.56 Å². The monoisotopic (exact) mass is 284 g/mol. The molecule has 0 aromatic heterocycles. The fraction of sp³-hybridized carbons (Fsp3) is 0.278. The van der Waals surface area contributed by atoms with Crippen molar-refractivity contribution in [3.63, 3.8) is 0 Å². The van der Waals surface area contributed by atoms with E-state index in [0.717, 1.165) is 24.0 Å². The summed E-state index contributed by atoms with van der Waals surface area (Å²) in [4.78, 5) is 10.9. The summed E-state index contributed by atoms with van der Waals surface area (Å²) in [5.74, 6) is 0. The minimum absolute atomic E-state index is 0.396. The lowest BCUT2D eigenvalue weighted by molar-refractivity contribution is 0.0465. The summed E-state index contributed by atoms with van der Waals surface area (Å²) < 4.78 is 5.07. The number of carboxylic acid groups (broad SMARTS) is 1. The number of aryl methyl sites for hydroxylation is 2. The second-order valence-electron chi connectivity index (χ2n) is 5.11. The van der Waals surface area contributed by atoms with Crippen LogP contribution in [0.4, 0.5) is 4.79 Å². The van der Waals surface area contributed by atoms with Crippen LogP contribution < -0.4 is 0 Å². The van der Waals surface area contributed by atoms with Crippen molar-refractivity contribution in [2.45, 2.75) is 32.3 Å². The van der Waals surface area contributed by atoms with Crippen molar-refractivity contribution in [3.05, 3.63) is 71.3 Å². The average molecular weight is 284 g/mol. The molecule has 3 heteroatoms. The van der Waals surface area contributed by atoms with Crippen LogP contribution in [0.25, 0.3) is 0 Å². The van der Waals surface area contributed by atoms with Crippen molar-refractivity contribution >= 4 is 6.16 Å². The van der Waals surface area contributed by atoms with Crippen LogP contribution in [0.2, 0.25) is 0 Å². The van der Waals surface area contributed by atoms with Crippen molar-refractivity contribution < 1.29 is 14.6 Å². The van der Waals surface area contributed by atoms with E-state index >= 15 is 0 Å². The molecule has 0 saturated heterocycles. The van der Waals surface area contributed by atoms with E-state index in [9.17, 15) is 4.79 Å². The van der Waals surface area contributed by atoms with E-state index in [-0.39, 0.29) is 0 Å². The third-order valence-electron chi connectivity index (χ3n) is 3.55. The predicted octanol–water partition coefficient (Wildman–Crippen LogP) is 4.75. The molecule has 0 heterocycles. The summed E-state index contributed by atoms with van der Waals surface area (Å²) >= 11 is 0. The Kier molecular flexibility index (Phi) is 5.38. The van der Waals surface area contributed by atoms with Gasteiger partial charge in [-0.2, -0.15) is 0 Å². The summed E-state index contributed by atoms with van der Waals surface area (Å²) in [6.45, 7) is 1.98. The van der Waals surface area contributed by atoms with E-state index in [2.05, 4.69) is 12.1 Å². The highest BCUT2D eigenvalue weighted by Gasteiger charge is 2.17. The maximum absolute atomic E-state index is 10.9. The number of rotatable bonds is 6. The molecule has 1 unspecified atom stereocenters. The largest absolute Gasteiger partial charge is 0.506 e. The average Bonchev–Trinajstić information content (AvgIpc) is 2.47. The lowest BCUT2D eigenvalue weighted by atomic mass is 9.98. The molecular weight excluding hydrogens is 264 g/mol. The predicted molar refractivity (Wildman–Crippen MR) is 82.4 cm³/mol. The molecule has 0 bridgehead atoms. The second kappa shape index (κ2) is 7.48. The second-order valence-corrected chi connectivity index (χ2v) is 5.11. The fourth-order valence-electron chi connectivity index (χ4n) is 2.48. The van der Waals surface area contributed by atoms with Crippen LogP contribution in [-0.2, 0) is 11.2 Å². The van der Waals surface area contributed by atoms with Crippen molar-refractivity contribution in [1.82, 2.24) is 0 Å². The summed E-state index contributed by atoms with van der Waals surface area (Å²) in [6.07, 6.45) is 0.879. The molecule has 0 radical (unpaired) electrons. The SMILES string of the molecule is Cc1ccccc1C(CCCc1ccccc1)OC(=O)O. The zero-order chi connectivity index (χ0) is 15.1. The number of hydrogen-bond acceptors (Lipinski definition) is 2. The summed E-state index contributed by atoms with van der Waals surface area (Å²) in [7, 11) is 0. The summed E-state index contributed by atoms with van der Waals surface area (Å²) in [5, 5.41) is 8.93. The molecule has 0 amide bonds. The van der Waals surface area contributed by atoms with Crippen LogP contribution in [0.5, 0.6) is 0 Å². The van der Waals surface area contributed by atoms with Crippen molar-refractivity contribution in [1.29, 1.82) is 0 Å². The lowest BCUT2D eigenvalue weighted by Crippen LogP contribution is -2.11. The Morgan fingerprint density at radius 2 is 1.76 bits per heavy atom. The van der Waals surface area contributed by atoms with Crippen molar-refractivity contribution in [2.24, 2.45) is 0 Å². The lowest BCUT2D eigenvalue weighted by Gasteiger charge is -2.18. The highest BCUT2D eigenvalue weighted by atomic mass is 16.7. The first-order chi connectivity index (χ1) is 10.2. The molecule has 2 rings (SSSR count). The molecule has 2 aromatic carbocycles. The molecule has 0 aliphatic heterocycles. The van der Waals surface area contributed by atoms with Gasteiger partial charge in [0.2, 0.25) is 0 Å². The number of benzene rings is 2. The molecule has 0 saturated carbocycles. The topological polar surface area (TPSA) is 46.5 Å². The Hall–Kier alpha value is -2.29. The third kappa shape index (κ3) is 4.63. The summed E-state index contributed by atoms with van der Waals surface area (Å²) in [5.41, 5.74) is 3.27. The zero-order valence-corrected chi connectivity index (χ0v) is 12.2. The quantitative estimate of drug-likeness (QED) is 0.778. The van der Waals surface area contributed by atoms with Gasteiger partial charge in [0, 0.05) is 0 Å². The van der Waals surface area contributed by atoms with E-state index in [0.29, 0.717) is 6.42 Å². The molecule has 110 valence electrons. The van der Waals surface area contributed by atoms with Gasteiger partial charge in [0.05, 0.1) is 0 Å². The van der Waals surface area contributed by atoms with Crippen LogP contribution in [0.3, 0.4) is 0 Å². The fourth-order valence-corrected chi connectivity index (χ4v) is 2.48. The minimum Gasteiger partial charge on any atom is -0.450 e. The van der Waals surface area contributed by atoms with E-state index in [1.807, 2.05) is 49.4 Å². The van der Waals surface area contributed by atoms with E-state index in [4.69, 9.17) is 9.84 Å². The van der Waals surface area contributed by atoms with E-state index < -0.39 is 12.3 Å². The van der Waals surface area contributed by atoms with E-state index in [1.54, 1.807) is 0 Å². The Morgan fingerprint density at radius 1 is 1.10 bits per heavy atom. The number of hydrogen-bond donors (Lipinski definition) is 1. The number of ether oxygens (including phenoxy) is 1. The normalized spacial score (nSPS) is 11.9. The number of carbonyl (C=O) groups is 1. The summed E-state index contributed by atoms with van der Waals surface area (Å²) in [6, 6.07) is 18.0. The molecule has 2 aromatic rings. The maximum Gasteiger partial charge on any atom is 0.506 e. The minimum atomic E-state index is -1.22. The molecule has 0 aliphatic rings. The van der Waals surface area contributed by atoms with Gasteiger partial charge in [0.25, 0.3) is 0 Å². The van der Waals surface area contributed by atoms with Gasteiger partial charge >= 0.3 is 6.16 Å². The van der Waals surface area contributed by atoms with Crippen molar-refractivity contribution in [2.75, 3.05) is 0 Å². The first-order valence-electron chi connectivity index (χ1n) is 7.16. The smallest absolute Gasteiger partial charge is 0.450 e. The highest BCUT2D eigenvalue weighted by Crippen LogP contribution is 2.26. The van der Waals surface area contributed by atoms with Crippen LogP contribution in [0.1, 0.15) is 35.6 Å². The molecule has 21 heavy (non-hydrogen) atoms. The standard InChI is InChI=1S/C18H20O3/c1-14-8-5-6-12-16(14)17(21-18(19)20)13-7-11-15-9-3-2-4-10-15/h2-6,8-10,12,17H,7,11,13H2,1H3,(H,19,20). The highest BCUT2D eigenvalue weighted by molar-refractivity contribution is 5.57. The molecule has 1 atom stereocenters. The third-order valence-corrected chi connectivity index (χ3v) is 3.55. The van der Waals surface area contributed by atoms with Gasteiger partial charge in [0.1, 0.15) is 6.10 Å². The zero-order valence-electron chi connectivity index (χ0n) is 12.2. The van der Waals surface area contributed by atoms with Crippen molar-refractivity contribution in [3.8, 4) is 0 Å². The Balaban J connectivity index is 2.00. The van der Waals surface area contributed by atoms with Gasteiger partial charge in [-0.05, 0) is 42.9 Å². The first kappa shape index (κ1) is 15.1. The molecule has 1 N–H and O–H groups in total. The van der Waals surface area contributed by atoms with Crippen LogP contribution in [0, 0.1) is 6.92 Å². The molecule has 0 aliphatic carbocycles. The van der Waals surface area contributed by atoms with Crippen LogP contribution in [0.15, 0.2) is 54.6 Å². The van der Waals surface area contributed by atoms with Crippen LogP contribution >= 0.6 is 0 Å². The molecule has 3 nitrogen and oxygen atoms in total. The Labute approximate surface area is 125 Å². The van der Waals surface area contributed by atoms with Gasteiger partial charge in [0.15, 0.2) is 0 Å². The van der Waals surface area contributed by atoms with Gasteiger partial charge < -0.3 is 9.84 Å². The van der Waals surface area contributed by atoms with Crippen LogP contribution in [-0.4, -0.2) is 11.3 Å². The van der Waals surface area contributed by atoms with Gasteiger partial charge in [-0.15, -0.1) is 0 Å².